The van der Waals surface area contributed by atoms with Crippen LogP contribution in [0.15, 0.2) is 48.5 Å². The average Bonchev–Trinajstić information content (AvgIpc) is 2.50. The number of halogens is 1. The molecule has 0 saturated heterocycles. The van der Waals surface area contributed by atoms with Gasteiger partial charge in [0.1, 0.15) is 6.54 Å². The van der Waals surface area contributed by atoms with Gasteiger partial charge >= 0.3 is 0 Å². The van der Waals surface area contributed by atoms with Gasteiger partial charge in [-0.3, -0.25) is 4.79 Å². The van der Waals surface area contributed by atoms with Crippen molar-refractivity contribution in [3.8, 4) is 6.07 Å². The van der Waals surface area contributed by atoms with Gasteiger partial charge in [0.05, 0.1) is 18.7 Å². The molecule has 0 aliphatic rings. The van der Waals surface area contributed by atoms with E-state index >= 15 is 0 Å². The van der Waals surface area contributed by atoms with Gasteiger partial charge < -0.3 is 10.2 Å². The third-order valence-electron chi connectivity index (χ3n) is 3.21. The van der Waals surface area contributed by atoms with Crippen LogP contribution in [0.5, 0.6) is 0 Å². The van der Waals surface area contributed by atoms with Crippen LogP contribution < -0.4 is 10.2 Å². The molecular weight excluding hydrogens is 298 g/mol. The van der Waals surface area contributed by atoms with Gasteiger partial charge in [-0.1, -0.05) is 29.8 Å². The van der Waals surface area contributed by atoms with Crippen molar-refractivity contribution in [2.45, 2.75) is 6.54 Å². The van der Waals surface area contributed by atoms with E-state index < -0.39 is 0 Å². The van der Waals surface area contributed by atoms with Crippen LogP contribution in [0.4, 0.5) is 5.69 Å². The number of amides is 1. The van der Waals surface area contributed by atoms with Gasteiger partial charge in [0, 0.05) is 16.3 Å². The third-order valence-corrected chi connectivity index (χ3v) is 3.58. The van der Waals surface area contributed by atoms with E-state index in [4.69, 9.17) is 16.9 Å². The number of carbonyl (C=O) groups excluding carboxylic acids is 1. The van der Waals surface area contributed by atoms with Gasteiger partial charge in [0.25, 0.3) is 5.91 Å². The summed E-state index contributed by atoms with van der Waals surface area (Å²) in [6, 6.07) is 16.5. The van der Waals surface area contributed by atoms with Gasteiger partial charge in [-0.25, -0.2) is 0 Å². The molecule has 0 spiro atoms. The molecule has 5 heteroatoms. The van der Waals surface area contributed by atoms with E-state index in [9.17, 15) is 4.79 Å². The summed E-state index contributed by atoms with van der Waals surface area (Å²) in [5.41, 5.74) is 2.28. The van der Waals surface area contributed by atoms with E-state index in [-0.39, 0.29) is 5.91 Å². The van der Waals surface area contributed by atoms with E-state index in [1.807, 2.05) is 37.4 Å². The zero-order valence-electron chi connectivity index (χ0n) is 12.3. The summed E-state index contributed by atoms with van der Waals surface area (Å²) in [5.74, 6) is -0.0748. The van der Waals surface area contributed by atoms with Crippen LogP contribution in [0.1, 0.15) is 11.1 Å². The second-order valence-electron chi connectivity index (χ2n) is 5.14. The fraction of sp³-hybridized carbons (Fsp3) is 0.176. The summed E-state index contributed by atoms with van der Waals surface area (Å²) in [6.45, 7) is 1.02. The second-order valence-corrected chi connectivity index (χ2v) is 5.55. The predicted octanol–water partition coefficient (Wildman–Crippen LogP) is 1.87. The number of carbonyl (C=O) groups is 1. The monoisotopic (exact) mass is 314 g/mol. The van der Waals surface area contributed by atoms with E-state index in [0.717, 1.165) is 10.5 Å². The maximum atomic E-state index is 12.0. The van der Waals surface area contributed by atoms with Crippen molar-refractivity contribution in [3.63, 3.8) is 0 Å². The number of anilines is 1. The topological polar surface area (TPSA) is 57.3 Å². The van der Waals surface area contributed by atoms with Crippen LogP contribution in [0.3, 0.4) is 0 Å². The number of likely N-dealkylation sites (N-methyl/N-ethyl adjacent to an activating group) is 1. The van der Waals surface area contributed by atoms with Crippen molar-refractivity contribution in [1.29, 1.82) is 5.26 Å². The summed E-state index contributed by atoms with van der Waals surface area (Å²) in [6.07, 6.45) is 0. The molecular formula is C17H17ClN3O+. The molecule has 0 saturated carbocycles. The minimum Gasteiger partial charge on any atom is -0.326 e. The minimum atomic E-state index is -0.0748. The summed E-state index contributed by atoms with van der Waals surface area (Å²) in [7, 11) is 1.95. The Morgan fingerprint density at radius 1 is 1.23 bits per heavy atom. The maximum absolute atomic E-state index is 12.0. The summed E-state index contributed by atoms with van der Waals surface area (Å²) in [4.78, 5) is 13.1. The average molecular weight is 315 g/mol. The lowest BCUT2D eigenvalue weighted by Crippen LogP contribution is -3.08. The molecule has 2 N–H and O–H groups in total. The Bertz CT molecular complexity index is 692. The Hall–Kier alpha value is -2.35. The molecule has 2 aromatic rings. The maximum Gasteiger partial charge on any atom is 0.279 e. The number of benzene rings is 2. The molecule has 0 radical (unpaired) electrons. The lowest BCUT2D eigenvalue weighted by molar-refractivity contribution is -0.885. The molecule has 1 unspecified atom stereocenters. The SMILES string of the molecule is C[NH+](CC(=O)Nc1ccc(C#N)cc1)Cc1ccccc1Cl. The number of nitriles is 1. The molecule has 112 valence electrons. The highest BCUT2D eigenvalue weighted by Gasteiger charge is 2.12. The summed E-state index contributed by atoms with van der Waals surface area (Å²) >= 11 is 6.12. The first-order valence-electron chi connectivity index (χ1n) is 6.93. The Balaban J connectivity index is 1.88. The van der Waals surface area contributed by atoms with Gasteiger partial charge in [0.2, 0.25) is 0 Å². The first kappa shape index (κ1) is 16.0. The van der Waals surface area contributed by atoms with Crippen molar-refractivity contribution in [2.75, 3.05) is 18.9 Å². The number of nitrogens with zero attached hydrogens (tertiary/aromatic N) is 1. The van der Waals surface area contributed by atoms with Crippen LogP contribution in [-0.2, 0) is 11.3 Å². The van der Waals surface area contributed by atoms with E-state index in [0.29, 0.717) is 29.4 Å². The molecule has 22 heavy (non-hydrogen) atoms. The van der Waals surface area contributed by atoms with Crippen LogP contribution in [0, 0.1) is 11.3 Å². The fourth-order valence-corrected chi connectivity index (χ4v) is 2.34. The van der Waals surface area contributed by atoms with Crippen molar-refractivity contribution >= 4 is 23.2 Å². The molecule has 0 aliphatic heterocycles. The van der Waals surface area contributed by atoms with Crippen LogP contribution in [-0.4, -0.2) is 19.5 Å². The van der Waals surface area contributed by atoms with Crippen LogP contribution in [0.25, 0.3) is 0 Å². The number of hydrogen-bond donors (Lipinski definition) is 2. The predicted molar refractivity (Wildman–Crippen MR) is 86.7 cm³/mol. The lowest BCUT2D eigenvalue weighted by atomic mass is 10.2. The van der Waals surface area contributed by atoms with Crippen molar-refractivity contribution in [2.24, 2.45) is 0 Å². The van der Waals surface area contributed by atoms with E-state index in [1.165, 1.54) is 0 Å². The Morgan fingerprint density at radius 2 is 1.91 bits per heavy atom. The lowest BCUT2D eigenvalue weighted by Gasteiger charge is -2.14. The highest BCUT2D eigenvalue weighted by atomic mass is 35.5. The smallest absolute Gasteiger partial charge is 0.279 e. The van der Waals surface area contributed by atoms with Crippen LogP contribution >= 0.6 is 11.6 Å². The zero-order valence-corrected chi connectivity index (χ0v) is 13.0. The van der Waals surface area contributed by atoms with Gasteiger partial charge in [-0.05, 0) is 30.3 Å². The van der Waals surface area contributed by atoms with E-state index in [1.54, 1.807) is 24.3 Å². The van der Waals surface area contributed by atoms with Gasteiger partial charge in [0.15, 0.2) is 6.54 Å². The second kappa shape index (κ2) is 7.60. The number of rotatable bonds is 5. The highest BCUT2D eigenvalue weighted by Crippen LogP contribution is 2.13. The zero-order chi connectivity index (χ0) is 15.9. The highest BCUT2D eigenvalue weighted by molar-refractivity contribution is 6.31. The summed E-state index contributed by atoms with van der Waals surface area (Å²) < 4.78 is 0. The van der Waals surface area contributed by atoms with Crippen molar-refractivity contribution in [3.05, 3.63) is 64.7 Å². The fourth-order valence-electron chi connectivity index (χ4n) is 2.14. The molecule has 4 nitrogen and oxygen atoms in total. The standard InChI is InChI=1S/C17H16ClN3O/c1-21(11-14-4-2-3-5-16(14)18)12-17(22)20-15-8-6-13(10-19)7-9-15/h2-9H,11-12H2,1H3,(H,20,22)/p+1. The van der Waals surface area contributed by atoms with Crippen molar-refractivity contribution in [1.82, 2.24) is 0 Å². The number of quaternary nitrogens is 1. The first-order chi connectivity index (χ1) is 10.6. The molecule has 2 aromatic carbocycles. The minimum absolute atomic E-state index is 0.0748. The number of hydrogen-bond acceptors (Lipinski definition) is 2. The molecule has 0 fully saturated rings. The molecule has 1 atom stereocenters. The summed E-state index contributed by atoms with van der Waals surface area (Å²) in [5, 5.41) is 12.3. The quantitative estimate of drug-likeness (QED) is 0.885. The molecule has 2 rings (SSSR count). The molecule has 0 aromatic heterocycles. The van der Waals surface area contributed by atoms with E-state index in [2.05, 4.69) is 5.32 Å². The normalized spacial score (nSPS) is 11.5. The van der Waals surface area contributed by atoms with Crippen LogP contribution in [0.2, 0.25) is 5.02 Å². The largest absolute Gasteiger partial charge is 0.326 e. The van der Waals surface area contributed by atoms with Crippen molar-refractivity contribution < 1.29 is 9.69 Å². The Kier molecular flexibility index (Phi) is 5.54. The van der Waals surface area contributed by atoms with Gasteiger partial charge in [-0.15, -0.1) is 0 Å². The third kappa shape index (κ3) is 4.59. The molecule has 0 heterocycles. The molecule has 1 amide bonds. The first-order valence-corrected chi connectivity index (χ1v) is 7.31. The molecule has 0 bridgehead atoms. The number of nitrogens with one attached hydrogen (secondary N) is 2. The Labute approximate surface area is 134 Å². The Morgan fingerprint density at radius 3 is 2.55 bits per heavy atom. The van der Waals surface area contributed by atoms with Gasteiger partial charge in [-0.2, -0.15) is 5.26 Å². The molecule has 0 aliphatic carbocycles.